The van der Waals surface area contributed by atoms with Crippen LogP contribution >= 0.6 is 11.6 Å². The van der Waals surface area contributed by atoms with Gasteiger partial charge in [-0.25, -0.2) is 4.98 Å². The SMILES string of the molecule is CNCc1nc(Oc2c(C)nn(C)c2C)ccc1Cl. The summed E-state index contributed by atoms with van der Waals surface area (Å²) in [5.41, 5.74) is 2.57. The van der Waals surface area contributed by atoms with E-state index in [0.29, 0.717) is 17.4 Å². The fourth-order valence-corrected chi connectivity index (χ4v) is 1.99. The Hall–Kier alpha value is -1.59. The van der Waals surface area contributed by atoms with Crippen LogP contribution < -0.4 is 10.1 Å². The lowest BCUT2D eigenvalue weighted by Gasteiger charge is -2.08. The van der Waals surface area contributed by atoms with Gasteiger partial charge >= 0.3 is 0 Å². The highest BCUT2D eigenvalue weighted by molar-refractivity contribution is 6.31. The molecule has 0 aliphatic carbocycles. The second-order valence-corrected chi connectivity index (χ2v) is 4.74. The van der Waals surface area contributed by atoms with Gasteiger partial charge in [0.1, 0.15) is 5.69 Å². The van der Waals surface area contributed by atoms with Crippen molar-refractivity contribution in [2.45, 2.75) is 20.4 Å². The van der Waals surface area contributed by atoms with Crippen molar-refractivity contribution in [3.63, 3.8) is 0 Å². The molecule has 0 bridgehead atoms. The number of nitrogens with zero attached hydrogens (tertiary/aromatic N) is 3. The molecular weight excluding hydrogens is 264 g/mol. The summed E-state index contributed by atoms with van der Waals surface area (Å²) < 4.78 is 7.61. The largest absolute Gasteiger partial charge is 0.435 e. The quantitative estimate of drug-likeness (QED) is 0.935. The zero-order valence-electron chi connectivity index (χ0n) is 11.5. The minimum Gasteiger partial charge on any atom is -0.435 e. The zero-order valence-corrected chi connectivity index (χ0v) is 12.2. The van der Waals surface area contributed by atoms with Crippen molar-refractivity contribution in [1.82, 2.24) is 20.1 Å². The summed E-state index contributed by atoms with van der Waals surface area (Å²) in [4.78, 5) is 4.40. The Balaban J connectivity index is 2.30. The first-order valence-corrected chi connectivity index (χ1v) is 6.38. The number of rotatable bonds is 4. The van der Waals surface area contributed by atoms with E-state index in [1.807, 2.05) is 27.9 Å². The highest BCUT2D eigenvalue weighted by atomic mass is 35.5. The van der Waals surface area contributed by atoms with Crippen LogP contribution in [0.1, 0.15) is 17.1 Å². The second kappa shape index (κ2) is 5.59. The molecule has 0 radical (unpaired) electrons. The van der Waals surface area contributed by atoms with Crippen molar-refractivity contribution in [2.75, 3.05) is 7.05 Å². The average molecular weight is 281 g/mol. The third kappa shape index (κ3) is 2.88. The van der Waals surface area contributed by atoms with E-state index in [1.165, 1.54) is 0 Å². The molecule has 19 heavy (non-hydrogen) atoms. The van der Waals surface area contributed by atoms with E-state index in [0.717, 1.165) is 22.8 Å². The van der Waals surface area contributed by atoms with Gasteiger partial charge in [-0.1, -0.05) is 11.6 Å². The van der Waals surface area contributed by atoms with E-state index in [-0.39, 0.29) is 0 Å². The van der Waals surface area contributed by atoms with Crippen molar-refractivity contribution < 1.29 is 4.74 Å². The lowest BCUT2D eigenvalue weighted by atomic mass is 10.3. The summed E-state index contributed by atoms with van der Waals surface area (Å²) in [6.45, 7) is 4.47. The molecule has 0 aromatic carbocycles. The van der Waals surface area contributed by atoms with Crippen molar-refractivity contribution in [1.29, 1.82) is 0 Å². The van der Waals surface area contributed by atoms with Crippen LogP contribution in [0.2, 0.25) is 5.02 Å². The third-order valence-electron chi connectivity index (χ3n) is 2.89. The number of ether oxygens (including phenoxy) is 1. The van der Waals surface area contributed by atoms with Crippen LogP contribution in [0, 0.1) is 13.8 Å². The highest BCUT2D eigenvalue weighted by Crippen LogP contribution is 2.28. The molecule has 102 valence electrons. The summed E-state index contributed by atoms with van der Waals surface area (Å²) >= 11 is 6.07. The predicted octanol–water partition coefficient (Wildman–Crippen LogP) is 2.60. The highest BCUT2D eigenvalue weighted by Gasteiger charge is 2.13. The van der Waals surface area contributed by atoms with Gasteiger partial charge in [0.2, 0.25) is 5.88 Å². The Bertz CT molecular complexity index is 595. The first-order valence-electron chi connectivity index (χ1n) is 6.01. The van der Waals surface area contributed by atoms with Crippen LogP contribution in [0.15, 0.2) is 12.1 Å². The van der Waals surface area contributed by atoms with Gasteiger partial charge in [-0.2, -0.15) is 5.10 Å². The molecule has 0 saturated heterocycles. The van der Waals surface area contributed by atoms with Crippen LogP contribution in [-0.4, -0.2) is 21.8 Å². The normalized spacial score (nSPS) is 10.8. The number of hydrogen-bond acceptors (Lipinski definition) is 4. The fraction of sp³-hybridized carbons (Fsp3) is 0.385. The zero-order chi connectivity index (χ0) is 14.0. The van der Waals surface area contributed by atoms with Gasteiger partial charge in [-0.15, -0.1) is 0 Å². The summed E-state index contributed by atoms with van der Waals surface area (Å²) in [7, 11) is 3.73. The third-order valence-corrected chi connectivity index (χ3v) is 3.23. The van der Waals surface area contributed by atoms with Crippen LogP contribution in [0.25, 0.3) is 0 Å². The van der Waals surface area contributed by atoms with Gasteiger partial charge in [-0.05, 0) is 27.0 Å². The van der Waals surface area contributed by atoms with Crippen molar-refractivity contribution in [3.8, 4) is 11.6 Å². The van der Waals surface area contributed by atoms with Gasteiger partial charge < -0.3 is 10.1 Å². The Morgan fingerprint density at radius 1 is 1.37 bits per heavy atom. The predicted molar refractivity (Wildman–Crippen MR) is 74.8 cm³/mol. The van der Waals surface area contributed by atoms with Gasteiger partial charge in [0.15, 0.2) is 5.75 Å². The summed E-state index contributed by atoms with van der Waals surface area (Å²) in [5.74, 6) is 1.27. The summed E-state index contributed by atoms with van der Waals surface area (Å²) in [6.07, 6.45) is 0. The van der Waals surface area contributed by atoms with E-state index >= 15 is 0 Å². The van der Waals surface area contributed by atoms with E-state index in [9.17, 15) is 0 Å². The lowest BCUT2D eigenvalue weighted by molar-refractivity contribution is 0.452. The Labute approximate surface area is 117 Å². The molecular formula is C13H17ClN4O. The molecule has 2 rings (SSSR count). The number of nitrogens with one attached hydrogen (secondary N) is 1. The minimum absolute atomic E-state index is 0.522. The molecule has 0 amide bonds. The Kier molecular flexibility index (Phi) is 4.07. The average Bonchev–Trinajstić information content (AvgIpc) is 2.60. The second-order valence-electron chi connectivity index (χ2n) is 4.33. The molecule has 2 heterocycles. The molecule has 2 aromatic rings. The van der Waals surface area contributed by atoms with Gasteiger partial charge in [0.05, 0.1) is 16.4 Å². The standard InChI is InChI=1S/C13H17ClN4O/c1-8-13(9(2)18(4)17-8)19-12-6-5-10(14)11(16-12)7-15-3/h5-6,15H,7H2,1-4H3. The van der Waals surface area contributed by atoms with Crippen LogP contribution in [-0.2, 0) is 13.6 Å². The summed E-state index contributed by atoms with van der Waals surface area (Å²) in [5, 5.41) is 7.96. The molecule has 0 saturated carbocycles. The molecule has 2 aromatic heterocycles. The van der Waals surface area contributed by atoms with E-state index in [2.05, 4.69) is 15.4 Å². The molecule has 1 N–H and O–H groups in total. The molecule has 6 heteroatoms. The topological polar surface area (TPSA) is 52.0 Å². The molecule has 0 unspecified atom stereocenters. The van der Waals surface area contributed by atoms with Crippen molar-refractivity contribution in [3.05, 3.63) is 34.2 Å². The number of halogens is 1. The van der Waals surface area contributed by atoms with Crippen LogP contribution in [0.3, 0.4) is 0 Å². The van der Waals surface area contributed by atoms with E-state index < -0.39 is 0 Å². The molecule has 0 fully saturated rings. The maximum absolute atomic E-state index is 6.07. The first kappa shape index (κ1) is 13.8. The van der Waals surface area contributed by atoms with Crippen LogP contribution in [0.5, 0.6) is 11.6 Å². The maximum atomic E-state index is 6.07. The van der Waals surface area contributed by atoms with Crippen LogP contribution in [0.4, 0.5) is 0 Å². The lowest BCUT2D eigenvalue weighted by Crippen LogP contribution is -2.08. The number of hydrogen-bond donors (Lipinski definition) is 1. The van der Waals surface area contributed by atoms with Gasteiger partial charge in [0.25, 0.3) is 0 Å². The Morgan fingerprint density at radius 2 is 2.11 bits per heavy atom. The van der Waals surface area contributed by atoms with Gasteiger partial charge in [-0.3, -0.25) is 4.68 Å². The minimum atomic E-state index is 0.522. The maximum Gasteiger partial charge on any atom is 0.219 e. The van der Waals surface area contributed by atoms with Crippen molar-refractivity contribution >= 4 is 11.6 Å². The monoisotopic (exact) mass is 280 g/mol. The number of aromatic nitrogens is 3. The molecule has 0 aliphatic heterocycles. The molecule has 5 nitrogen and oxygen atoms in total. The molecule has 0 atom stereocenters. The molecule has 0 aliphatic rings. The number of pyridine rings is 1. The summed E-state index contributed by atoms with van der Waals surface area (Å²) in [6, 6.07) is 3.55. The Morgan fingerprint density at radius 3 is 2.68 bits per heavy atom. The number of aryl methyl sites for hydroxylation is 2. The first-order chi connectivity index (χ1) is 9.02. The molecule has 0 spiro atoms. The van der Waals surface area contributed by atoms with E-state index in [1.54, 1.807) is 16.8 Å². The van der Waals surface area contributed by atoms with Crippen molar-refractivity contribution in [2.24, 2.45) is 7.05 Å². The van der Waals surface area contributed by atoms with Gasteiger partial charge in [0, 0.05) is 19.7 Å². The fourth-order valence-electron chi connectivity index (χ4n) is 1.82. The van der Waals surface area contributed by atoms with E-state index in [4.69, 9.17) is 16.3 Å². The smallest absolute Gasteiger partial charge is 0.219 e.